The van der Waals surface area contributed by atoms with Gasteiger partial charge in [-0.3, -0.25) is 0 Å². The van der Waals surface area contributed by atoms with Crippen LogP contribution in [-0.4, -0.2) is 16.2 Å². The van der Waals surface area contributed by atoms with E-state index < -0.39 is 0 Å². The van der Waals surface area contributed by atoms with Crippen LogP contribution in [0.15, 0.2) is 18.6 Å². The first kappa shape index (κ1) is 6.35. The van der Waals surface area contributed by atoms with Crippen molar-refractivity contribution in [3.63, 3.8) is 0 Å². The van der Waals surface area contributed by atoms with Crippen molar-refractivity contribution in [2.24, 2.45) is 0 Å². The van der Waals surface area contributed by atoms with Crippen LogP contribution in [0.1, 0.15) is 0 Å². The number of hydrogen-bond acceptors (Lipinski definition) is 4. The molecule has 0 spiro atoms. The van der Waals surface area contributed by atoms with Gasteiger partial charge in [0.15, 0.2) is 0 Å². The Morgan fingerprint density at radius 3 is 3.11 bits per heavy atom. The van der Waals surface area contributed by atoms with E-state index in [1.165, 1.54) is 18.3 Å². The van der Waals surface area contributed by atoms with Crippen LogP contribution in [-0.2, 0) is 0 Å². The Bertz CT molecular complexity index is 165. The van der Waals surface area contributed by atoms with Crippen molar-refractivity contribution < 1.29 is 0 Å². The summed E-state index contributed by atoms with van der Waals surface area (Å²) in [6.07, 6.45) is 5.16. The number of nitrogens with zero attached hydrogens (tertiary/aromatic N) is 2. The highest BCUT2D eigenvalue weighted by Crippen LogP contribution is 2.02. The molecule has 0 unspecified atom stereocenters. The molecule has 0 amide bonds. The smallest absolute Gasteiger partial charge is 0.139 e. The molecular formula is C5H7N3S. The summed E-state index contributed by atoms with van der Waals surface area (Å²) in [5.41, 5.74) is 0. The van der Waals surface area contributed by atoms with E-state index in [-0.39, 0.29) is 0 Å². The Labute approximate surface area is 58.0 Å². The molecule has 1 aromatic heterocycles. The zero-order valence-electron chi connectivity index (χ0n) is 5.03. The summed E-state index contributed by atoms with van der Waals surface area (Å²) < 4.78 is 2.97. The second kappa shape index (κ2) is 3.29. The number of nitrogens with one attached hydrogen (secondary N) is 1. The van der Waals surface area contributed by atoms with Gasteiger partial charge in [-0.25, -0.2) is 9.97 Å². The quantitative estimate of drug-likeness (QED) is 0.627. The van der Waals surface area contributed by atoms with Crippen LogP contribution in [0.25, 0.3) is 0 Å². The SMILES string of the molecule is CSNc1ccncn1. The van der Waals surface area contributed by atoms with E-state index in [1.807, 2.05) is 12.3 Å². The minimum Gasteiger partial charge on any atom is -0.315 e. The van der Waals surface area contributed by atoms with Crippen molar-refractivity contribution in [2.45, 2.75) is 0 Å². The highest BCUT2D eigenvalue weighted by atomic mass is 32.2. The minimum absolute atomic E-state index is 0.845. The molecule has 0 aliphatic carbocycles. The molecule has 1 N–H and O–H groups in total. The van der Waals surface area contributed by atoms with Gasteiger partial charge in [-0.1, -0.05) is 11.9 Å². The molecule has 1 aromatic rings. The molecule has 0 radical (unpaired) electrons. The van der Waals surface area contributed by atoms with Crippen LogP contribution < -0.4 is 4.72 Å². The standard InChI is InChI=1S/C5H7N3S/c1-9-8-5-2-3-6-4-7-5/h2-4H,1H3,(H,6,7,8). The van der Waals surface area contributed by atoms with Gasteiger partial charge in [0.2, 0.25) is 0 Å². The summed E-state index contributed by atoms with van der Waals surface area (Å²) in [6, 6.07) is 1.82. The fourth-order valence-corrected chi connectivity index (χ4v) is 0.786. The third-order valence-electron chi connectivity index (χ3n) is 0.789. The summed E-state index contributed by atoms with van der Waals surface area (Å²) in [4.78, 5) is 7.69. The summed E-state index contributed by atoms with van der Waals surface area (Å²) in [5.74, 6) is 0.845. The lowest BCUT2D eigenvalue weighted by atomic mass is 10.6. The van der Waals surface area contributed by atoms with E-state index >= 15 is 0 Å². The number of hydrogen-bond donors (Lipinski definition) is 1. The monoisotopic (exact) mass is 141 g/mol. The lowest BCUT2D eigenvalue weighted by Gasteiger charge is -1.96. The Morgan fingerprint density at radius 1 is 1.67 bits per heavy atom. The van der Waals surface area contributed by atoms with Gasteiger partial charge in [0, 0.05) is 12.5 Å². The highest BCUT2D eigenvalue weighted by molar-refractivity contribution is 7.99. The van der Waals surface area contributed by atoms with Gasteiger partial charge in [0.25, 0.3) is 0 Å². The molecule has 1 rings (SSSR count). The van der Waals surface area contributed by atoms with Crippen LogP contribution in [0, 0.1) is 0 Å². The van der Waals surface area contributed by atoms with E-state index in [2.05, 4.69) is 14.7 Å². The third-order valence-corrected chi connectivity index (χ3v) is 1.20. The van der Waals surface area contributed by atoms with Crippen LogP contribution in [0.4, 0.5) is 5.82 Å². The highest BCUT2D eigenvalue weighted by Gasteiger charge is 1.84. The summed E-state index contributed by atoms with van der Waals surface area (Å²) in [7, 11) is 0. The molecule has 3 nitrogen and oxygen atoms in total. The molecule has 0 atom stereocenters. The second-order valence-corrected chi connectivity index (χ2v) is 2.01. The Morgan fingerprint density at radius 2 is 2.56 bits per heavy atom. The number of aromatic nitrogens is 2. The fraction of sp³-hybridized carbons (Fsp3) is 0.200. The maximum atomic E-state index is 3.93. The van der Waals surface area contributed by atoms with Crippen molar-refractivity contribution in [1.82, 2.24) is 9.97 Å². The van der Waals surface area contributed by atoms with Crippen molar-refractivity contribution in [3.05, 3.63) is 18.6 Å². The van der Waals surface area contributed by atoms with Crippen LogP contribution >= 0.6 is 11.9 Å². The van der Waals surface area contributed by atoms with Gasteiger partial charge in [-0.05, 0) is 6.07 Å². The van der Waals surface area contributed by atoms with Crippen molar-refractivity contribution in [2.75, 3.05) is 11.0 Å². The maximum absolute atomic E-state index is 3.93. The van der Waals surface area contributed by atoms with Gasteiger partial charge in [0.05, 0.1) is 0 Å². The van der Waals surface area contributed by atoms with Crippen molar-refractivity contribution in [1.29, 1.82) is 0 Å². The van der Waals surface area contributed by atoms with Gasteiger partial charge in [0.1, 0.15) is 12.1 Å². The predicted octanol–water partition coefficient (Wildman–Crippen LogP) is 1.17. The normalized spacial score (nSPS) is 9.00. The molecule has 0 fully saturated rings. The van der Waals surface area contributed by atoms with E-state index in [4.69, 9.17) is 0 Å². The average molecular weight is 141 g/mol. The third kappa shape index (κ3) is 1.89. The number of anilines is 1. The zero-order chi connectivity index (χ0) is 6.53. The molecule has 0 aliphatic rings. The van der Waals surface area contributed by atoms with E-state index in [0.29, 0.717) is 0 Å². The molecule has 48 valence electrons. The first-order chi connectivity index (χ1) is 4.43. The van der Waals surface area contributed by atoms with Crippen LogP contribution in [0.3, 0.4) is 0 Å². The van der Waals surface area contributed by atoms with Crippen LogP contribution in [0.5, 0.6) is 0 Å². The van der Waals surface area contributed by atoms with Crippen molar-refractivity contribution in [3.8, 4) is 0 Å². The molecule has 0 saturated heterocycles. The fourth-order valence-electron chi connectivity index (χ4n) is 0.456. The topological polar surface area (TPSA) is 37.8 Å². The largest absolute Gasteiger partial charge is 0.315 e. The zero-order valence-corrected chi connectivity index (χ0v) is 5.85. The van der Waals surface area contributed by atoms with Gasteiger partial charge >= 0.3 is 0 Å². The molecule has 0 bridgehead atoms. The lowest BCUT2D eigenvalue weighted by molar-refractivity contribution is 1.18. The Kier molecular flexibility index (Phi) is 2.32. The average Bonchev–Trinajstić information content (AvgIpc) is 1.91. The summed E-state index contributed by atoms with van der Waals surface area (Å²) in [6.45, 7) is 0. The molecule has 1 heterocycles. The van der Waals surface area contributed by atoms with Crippen LogP contribution in [0.2, 0.25) is 0 Å². The summed E-state index contributed by atoms with van der Waals surface area (Å²) in [5, 5.41) is 0. The molecule has 0 aliphatic heterocycles. The first-order valence-corrected chi connectivity index (χ1v) is 3.71. The minimum atomic E-state index is 0.845. The Hall–Kier alpha value is -0.770. The van der Waals surface area contributed by atoms with Gasteiger partial charge in [-0.2, -0.15) is 0 Å². The lowest BCUT2D eigenvalue weighted by Crippen LogP contribution is -1.87. The molecule has 9 heavy (non-hydrogen) atoms. The number of rotatable bonds is 2. The van der Waals surface area contributed by atoms with E-state index in [9.17, 15) is 0 Å². The molecule has 0 saturated carbocycles. The molecule has 4 heteroatoms. The van der Waals surface area contributed by atoms with Crippen molar-refractivity contribution >= 4 is 17.8 Å². The Balaban J connectivity index is 2.61. The van der Waals surface area contributed by atoms with Gasteiger partial charge in [-0.15, -0.1) is 0 Å². The first-order valence-electron chi connectivity index (χ1n) is 2.48. The van der Waals surface area contributed by atoms with E-state index in [1.54, 1.807) is 6.20 Å². The summed E-state index contributed by atoms with van der Waals surface area (Å²) >= 11 is 1.51. The molecule has 0 aromatic carbocycles. The second-order valence-electron chi connectivity index (χ2n) is 1.40. The van der Waals surface area contributed by atoms with Gasteiger partial charge < -0.3 is 4.72 Å². The maximum Gasteiger partial charge on any atom is 0.139 e. The van der Waals surface area contributed by atoms with E-state index in [0.717, 1.165) is 5.82 Å². The predicted molar refractivity (Wildman–Crippen MR) is 39.2 cm³/mol. The molecular weight excluding hydrogens is 134 g/mol.